The Hall–Kier alpha value is -0.970. The molecule has 0 amide bonds. The molecule has 90 valence electrons. The van der Waals surface area contributed by atoms with Crippen molar-refractivity contribution in [3.63, 3.8) is 0 Å². The highest BCUT2D eigenvalue weighted by atomic mass is 35.5. The van der Waals surface area contributed by atoms with Crippen molar-refractivity contribution < 1.29 is 9.50 Å². The molecule has 1 aromatic heterocycles. The second-order valence-corrected chi connectivity index (χ2v) is 5.23. The first-order valence-electron chi connectivity index (χ1n) is 5.14. The van der Waals surface area contributed by atoms with E-state index in [9.17, 15) is 4.39 Å². The third-order valence-electron chi connectivity index (χ3n) is 2.41. The van der Waals surface area contributed by atoms with Crippen LogP contribution in [0.4, 0.5) is 4.39 Å². The monoisotopic (exact) mass is 271 g/mol. The zero-order valence-corrected chi connectivity index (χ0v) is 10.8. The fraction of sp³-hybridized carbons (Fsp3) is 0.250. The third kappa shape index (κ3) is 2.65. The molecular formula is C12H11ClFNOS. The topological polar surface area (TPSA) is 33.1 Å². The van der Waals surface area contributed by atoms with E-state index in [2.05, 4.69) is 4.98 Å². The van der Waals surface area contributed by atoms with Crippen LogP contribution in [0.3, 0.4) is 0 Å². The Morgan fingerprint density at radius 3 is 2.88 bits per heavy atom. The molecule has 0 radical (unpaired) electrons. The van der Waals surface area contributed by atoms with Crippen molar-refractivity contribution in [1.82, 2.24) is 4.98 Å². The summed E-state index contributed by atoms with van der Waals surface area (Å²) in [5, 5.41) is 9.79. The molecule has 0 saturated heterocycles. The van der Waals surface area contributed by atoms with Crippen LogP contribution in [-0.4, -0.2) is 16.7 Å². The van der Waals surface area contributed by atoms with Crippen molar-refractivity contribution in [1.29, 1.82) is 0 Å². The number of nitrogens with zero attached hydrogens (tertiary/aromatic N) is 1. The van der Waals surface area contributed by atoms with Gasteiger partial charge in [0.15, 0.2) is 0 Å². The normalized spacial score (nSPS) is 10.8. The lowest BCUT2D eigenvalue weighted by atomic mass is 10.2. The van der Waals surface area contributed by atoms with E-state index in [1.165, 1.54) is 17.4 Å². The smallest absolute Gasteiger partial charge is 0.141 e. The summed E-state index contributed by atoms with van der Waals surface area (Å²) in [6.07, 6.45) is 0.539. The summed E-state index contributed by atoms with van der Waals surface area (Å²) >= 11 is 7.25. The summed E-state index contributed by atoms with van der Waals surface area (Å²) in [5.74, 6) is -0.431. The van der Waals surface area contributed by atoms with Crippen LogP contribution >= 0.6 is 22.9 Å². The number of rotatable bonds is 3. The van der Waals surface area contributed by atoms with E-state index in [0.717, 1.165) is 21.1 Å². The van der Waals surface area contributed by atoms with E-state index >= 15 is 0 Å². The van der Waals surface area contributed by atoms with Crippen LogP contribution < -0.4 is 0 Å². The zero-order chi connectivity index (χ0) is 12.4. The predicted molar refractivity (Wildman–Crippen MR) is 68.0 cm³/mol. The minimum Gasteiger partial charge on any atom is -0.396 e. The van der Waals surface area contributed by atoms with Gasteiger partial charge in [-0.15, -0.1) is 11.3 Å². The number of halogens is 2. The Morgan fingerprint density at radius 1 is 1.47 bits per heavy atom. The Bertz CT molecular complexity index is 541. The molecule has 0 bridgehead atoms. The summed E-state index contributed by atoms with van der Waals surface area (Å²) in [5.41, 5.74) is 1.68. The second-order valence-electron chi connectivity index (χ2n) is 3.62. The van der Waals surface area contributed by atoms with Gasteiger partial charge in [0.05, 0.1) is 10.7 Å². The molecule has 0 unspecified atom stereocenters. The number of thiazole rings is 1. The van der Waals surface area contributed by atoms with Crippen LogP contribution in [0.25, 0.3) is 10.6 Å². The van der Waals surface area contributed by atoms with Crippen molar-refractivity contribution in [3.8, 4) is 10.6 Å². The van der Waals surface area contributed by atoms with E-state index < -0.39 is 5.82 Å². The molecule has 0 fully saturated rings. The molecule has 0 aliphatic rings. The van der Waals surface area contributed by atoms with E-state index in [-0.39, 0.29) is 11.6 Å². The molecule has 0 atom stereocenters. The Balaban J connectivity index is 2.39. The first-order valence-corrected chi connectivity index (χ1v) is 6.34. The molecule has 17 heavy (non-hydrogen) atoms. The number of hydrogen-bond acceptors (Lipinski definition) is 3. The molecule has 0 saturated carbocycles. The lowest BCUT2D eigenvalue weighted by Gasteiger charge is -1.98. The average Bonchev–Trinajstić information content (AvgIpc) is 2.65. The van der Waals surface area contributed by atoms with E-state index in [4.69, 9.17) is 16.7 Å². The highest BCUT2D eigenvalue weighted by molar-refractivity contribution is 7.15. The maximum atomic E-state index is 13.0. The van der Waals surface area contributed by atoms with Gasteiger partial charge in [-0.3, -0.25) is 0 Å². The lowest BCUT2D eigenvalue weighted by Crippen LogP contribution is -1.92. The first kappa shape index (κ1) is 12.5. The maximum Gasteiger partial charge on any atom is 0.141 e. The van der Waals surface area contributed by atoms with Gasteiger partial charge >= 0.3 is 0 Å². The standard InChI is InChI=1S/C12H11ClFNOS/c1-7-11(4-5-16)15-12(17-7)8-2-3-10(14)9(13)6-8/h2-3,6,16H,4-5H2,1H3. The largest absolute Gasteiger partial charge is 0.396 e. The minimum absolute atomic E-state index is 0.0776. The number of benzene rings is 1. The van der Waals surface area contributed by atoms with Crippen LogP contribution in [0.1, 0.15) is 10.6 Å². The minimum atomic E-state index is -0.431. The third-order valence-corrected chi connectivity index (χ3v) is 3.76. The molecule has 1 aromatic carbocycles. The van der Waals surface area contributed by atoms with Crippen LogP contribution in [0.5, 0.6) is 0 Å². The number of hydrogen-bond donors (Lipinski definition) is 1. The lowest BCUT2D eigenvalue weighted by molar-refractivity contribution is 0.298. The molecular weight excluding hydrogens is 261 g/mol. The molecule has 2 rings (SSSR count). The van der Waals surface area contributed by atoms with Gasteiger partial charge < -0.3 is 5.11 Å². The molecule has 2 nitrogen and oxygen atoms in total. The first-order chi connectivity index (χ1) is 8.11. The second kappa shape index (κ2) is 5.12. The Labute approximate surface area is 108 Å². The van der Waals surface area contributed by atoms with Gasteiger partial charge in [0.1, 0.15) is 10.8 Å². The predicted octanol–water partition coefficient (Wildman–Crippen LogP) is 3.45. The Kier molecular flexibility index (Phi) is 3.76. The SMILES string of the molecule is Cc1sc(-c2ccc(F)c(Cl)c2)nc1CCO. The maximum absolute atomic E-state index is 13.0. The van der Waals surface area contributed by atoms with E-state index in [0.29, 0.717) is 6.42 Å². The van der Waals surface area contributed by atoms with Gasteiger partial charge in [-0.2, -0.15) is 0 Å². The molecule has 0 spiro atoms. The average molecular weight is 272 g/mol. The van der Waals surface area contributed by atoms with Crippen LogP contribution in [0.2, 0.25) is 5.02 Å². The quantitative estimate of drug-likeness (QED) is 0.928. The summed E-state index contributed by atoms with van der Waals surface area (Å²) in [4.78, 5) is 5.48. The van der Waals surface area contributed by atoms with Crippen molar-refractivity contribution >= 4 is 22.9 Å². The van der Waals surface area contributed by atoms with Crippen LogP contribution in [0, 0.1) is 12.7 Å². The van der Waals surface area contributed by atoms with Crippen LogP contribution in [0.15, 0.2) is 18.2 Å². The van der Waals surface area contributed by atoms with Gasteiger partial charge in [-0.05, 0) is 25.1 Å². The van der Waals surface area contributed by atoms with Gasteiger partial charge in [0, 0.05) is 23.5 Å². The molecule has 2 aromatic rings. The zero-order valence-electron chi connectivity index (χ0n) is 9.20. The number of aliphatic hydroxyl groups is 1. The number of aliphatic hydroxyl groups excluding tert-OH is 1. The number of aromatic nitrogens is 1. The van der Waals surface area contributed by atoms with E-state index in [1.807, 2.05) is 6.92 Å². The van der Waals surface area contributed by atoms with Gasteiger partial charge in [-0.25, -0.2) is 9.37 Å². The van der Waals surface area contributed by atoms with Gasteiger partial charge in [0.2, 0.25) is 0 Å². The highest BCUT2D eigenvalue weighted by Crippen LogP contribution is 2.30. The number of aryl methyl sites for hydroxylation is 1. The summed E-state index contributed by atoms with van der Waals surface area (Å²) < 4.78 is 13.0. The molecule has 1 N–H and O–H groups in total. The molecule has 1 heterocycles. The van der Waals surface area contributed by atoms with Crippen LogP contribution in [-0.2, 0) is 6.42 Å². The summed E-state index contributed by atoms with van der Waals surface area (Å²) in [6.45, 7) is 2.03. The molecule has 0 aliphatic heterocycles. The molecule has 5 heteroatoms. The van der Waals surface area contributed by atoms with Gasteiger partial charge in [0.25, 0.3) is 0 Å². The van der Waals surface area contributed by atoms with Gasteiger partial charge in [-0.1, -0.05) is 11.6 Å². The Morgan fingerprint density at radius 2 is 2.24 bits per heavy atom. The van der Waals surface area contributed by atoms with Crippen molar-refractivity contribution in [2.75, 3.05) is 6.61 Å². The molecule has 0 aliphatic carbocycles. The van der Waals surface area contributed by atoms with Crippen molar-refractivity contribution in [2.24, 2.45) is 0 Å². The van der Waals surface area contributed by atoms with Crippen molar-refractivity contribution in [2.45, 2.75) is 13.3 Å². The fourth-order valence-electron chi connectivity index (χ4n) is 1.52. The van der Waals surface area contributed by atoms with Crippen molar-refractivity contribution in [3.05, 3.63) is 39.6 Å². The van der Waals surface area contributed by atoms with E-state index in [1.54, 1.807) is 12.1 Å². The summed E-state index contributed by atoms with van der Waals surface area (Å²) in [6, 6.07) is 4.56. The fourth-order valence-corrected chi connectivity index (χ4v) is 2.66. The summed E-state index contributed by atoms with van der Waals surface area (Å²) in [7, 11) is 0. The highest BCUT2D eigenvalue weighted by Gasteiger charge is 2.10.